The quantitative estimate of drug-likeness (QED) is 0.492. The SMILES string of the molecule is CC[Si](/C=C/C(=O)CCc1ccccc1)(CC)CC. The summed E-state index contributed by atoms with van der Waals surface area (Å²) < 4.78 is 0. The second-order valence-corrected chi connectivity index (χ2v) is 10.4. The molecule has 0 aliphatic rings. The van der Waals surface area contributed by atoms with E-state index in [0.29, 0.717) is 6.42 Å². The third-order valence-electron chi connectivity index (χ3n) is 4.24. The van der Waals surface area contributed by atoms with Gasteiger partial charge in [0.1, 0.15) is 0 Å². The van der Waals surface area contributed by atoms with Crippen LogP contribution >= 0.6 is 0 Å². The summed E-state index contributed by atoms with van der Waals surface area (Å²) in [6.07, 6.45) is 3.34. The van der Waals surface area contributed by atoms with Crippen LogP contribution in [0.3, 0.4) is 0 Å². The maximum Gasteiger partial charge on any atom is 0.155 e. The molecule has 0 saturated heterocycles. The molecular formula is C17H26OSi. The van der Waals surface area contributed by atoms with E-state index in [4.69, 9.17) is 0 Å². The Morgan fingerprint density at radius 2 is 1.63 bits per heavy atom. The van der Waals surface area contributed by atoms with Gasteiger partial charge >= 0.3 is 0 Å². The lowest BCUT2D eigenvalue weighted by molar-refractivity contribution is -0.114. The van der Waals surface area contributed by atoms with Gasteiger partial charge in [0, 0.05) is 6.42 Å². The predicted octanol–water partition coefficient (Wildman–Crippen LogP) is 4.79. The molecule has 0 aromatic heterocycles. The summed E-state index contributed by atoms with van der Waals surface area (Å²) >= 11 is 0. The number of ketones is 1. The molecule has 104 valence electrons. The Morgan fingerprint density at radius 3 is 2.16 bits per heavy atom. The second-order valence-electron chi connectivity index (χ2n) is 5.21. The molecule has 1 aromatic carbocycles. The molecule has 1 aromatic rings. The fraction of sp³-hybridized carbons (Fsp3) is 0.471. The van der Waals surface area contributed by atoms with Gasteiger partial charge in [-0.3, -0.25) is 4.79 Å². The molecule has 1 rings (SSSR count). The first-order valence-electron chi connectivity index (χ1n) is 7.41. The van der Waals surface area contributed by atoms with Crippen LogP contribution in [0.2, 0.25) is 18.1 Å². The first kappa shape index (κ1) is 15.9. The molecule has 1 nitrogen and oxygen atoms in total. The zero-order chi connectivity index (χ0) is 14.1. The molecule has 0 saturated carbocycles. The van der Waals surface area contributed by atoms with Crippen LogP contribution in [0.15, 0.2) is 42.1 Å². The average Bonchev–Trinajstić information content (AvgIpc) is 2.48. The van der Waals surface area contributed by atoms with Crippen molar-refractivity contribution in [2.24, 2.45) is 0 Å². The highest BCUT2D eigenvalue weighted by Gasteiger charge is 2.23. The van der Waals surface area contributed by atoms with Crippen LogP contribution in [-0.4, -0.2) is 13.9 Å². The minimum Gasteiger partial charge on any atom is -0.295 e. The van der Waals surface area contributed by atoms with Gasteiger partial charge in [-0.1, -0.05) is 74.9 Å². The van der Waals surface area contributed by atoms with Gasteiger partial charge in [-0.25, -0.2) is 0 Å². The van der Waals surface area contributed by atoms with E-state index in [9.17, 15) is 4.79 Å². The van der Waals surface area contributed by atoms with Crippen molar-refractivity contribution in [2.75, 3.05) is 0 Å². The third-order valence-corrected chi connectivity index (χ3v) is 9.34. The number of rotatable bonds is 8. The van der Waals surface area contributed by atoms with Gasteiger partial charge in [-0.05, 0) is 18.1 Å². The van der Waals surface area contributed by atoms with Crippen LogP contribution in [0.5, 0.6) is 0 Å². The number of aryl methyl sites for hydroxylation is 1. The van der Waals surface area contributed by atoms with Crippen molar-refractivity contribution in [3.63, 3.8) is 0 Å². The minimum absolute atomic E-state index is 0.274. The number of benzene rings is 1. The smallest absolute Gasteiger partial charge is 0.155 e. The fourth-order valence-electron chi connectivity index (χ4n) is 2.37. The van der Waals surface area contributed by atoms with Gasteiger partial charge in [0.25, 0.3) is 0 Å². The maximum atomic E-state index is 11.9. The molecule has 0 N–H and O–H groups in total. The molecule has 0 amide bonds. The number of hydrogen-bond donors (Lipinski definition) is 0. The lowest BCUT2D eigenvalue weighted by atomic mass is 10.1. The normalized spacial score (nSPS) is 11.9. The first-order chi connectivity index (χ1) is 9.15. The molecule has 0 unspecified atom stereocenters. The van der Waals surface area contributed by atoms with Crippen LogP contribution < -0.4 is 0 Å². The van der Waals surface area contributed by atoms with Crippen LogP contribution in [0, 0.1) is 0 Å². The lowest BCUT2D eigenvalue weighted by Gasteiger charge is -2.23. The van der Waals surface area contributed by atoms with Crippen molar-refractivity contribution in [3.8, 4) is 0 Å². The van der Waals surface area contributed by atoms with E-state index in [0.717, 1.165) is 6.42 Å². The number of hydrogen-bond acceptors (Lipinski definition) is 1. The van der Waals surface area contributed by atoms with E-state index in [1.165, 1.54) is 23.7 Å². The number of carbonyl (C=O) groups excluding carboxylic acids is 1. The van der Waals surface area contributed by atoms with Gasteiger partial charge in [0.2, 0.25) is 0 Å². The average molecular weight is 274 g/mol. The monoisotopic (exact) mass is 274 g/mol. The molecule has 0 radical (unpaired) electrons. The van der Waals surface area contributed by atoms with Crippen molar-refractivity contribution in [1.29, 1.82) is 0 Å². The Labute approximate surface area is 118 Å². The largest absolute Gasteiger partial charge is 0.295 e. The van der Waals surface area contributed by atoms with Gasteiger partial charge in [-0.15, -0.1) is 0 Å². The Kier molecular flexibility index (Phi) is 6.78. The van der Waals surface area contributed by atoms with E-state index >= 15 is 0 Å². The molecule has 0 aliphatic heterocycles. The number of carbonyl (C=O) groups is 1. The van der Waals surface area contributed by atoms with E-state index in [1.807, 2.05) is 24.3 Å². The van der Waals surface area contributed by atoms with E-state index in [1.54, 1.807) is 0 Å². The van der Waals surface area contributed by atoms with Crippen LogP contribution in [0.4, 0.5) is 0 Å². The molecule has 0 spiro atoms. The van der Waals surface area contributed by atoms with Crippen molar-refractivity contribution in [1.82, 2.24) is 0 Å². The van der Waals surface area contributed by atoms with E-state index < -0.39 is 8.07 Å². The molecule has 2 heteroatoms. The topological polar surface area (TPSA) is 17.1 Å². The van der Waals surface area contributed by atoms with Crippen molar-refractivity contribution in [2.45, 2.75) is 51.7 Å². The highest BCUT2D eigenvalue weighted by atomic mass is 28.3. The maximum absolute atomic E-state index is 11.9. The fourth-order valence-corrected chi connectivity index (χ4v) is 5.12. The van der Waals surface area contributed by atoms with E-state index in [-0.39, 0.29) is 5.78 Å². The molecule has 0 atom stereocenters. The number of allylic oxidation sites excluding steroid dienone is 1. The summed E-state index contributed by atoms with van der Waals surface area (Å²) in [5, 5.41) is 0. The Balaban J connectivity index is 2.51. The summed E-state index contributed by atoms with van der Waals surface area (Å²) in [6, 6.07) is 13.9. The summed E-state index contributed by atoms with van der Waals surface area (Å²) in [5.74, 6) is 0.274. The van der Waals surface area contributed by atoms with Crippen LogP contribution in [-0.2, 0) is 11.2 Å². The summed E-state index contributed by atoms with van der Waals surface area (Å²) in [4.78, 5) is 11.9. The molecule has 0 fully saturated rings. The molecule has 0 heterocycles. The molecular weight excluding hydrogens is 248 g/mol. The summed E-state index contributed by atoms with van der Waals surface area (Å²) in [6.45, 7) is 6.79. The van der Waals surface area contributed by atoms with Crippen molar-refractivity contribution >= 4 is 13.9 Å². The first-order valence-corrected chi connectivity index (χ1v) is 10.1. The van der Waals surface area contributed by atoms with Gasteiger partial charge < -0.3 is 0 Å². The zero-order valence-corrected chi connectivity index (χ0v) is 13.5. The predicted molar refractivity (Wildman–Crippen MR) is 86.1 cm³/mol. The van der Waals surface area contributed by atoms with Crippen LogP contribution in [0.1, 0.15) is 32.8 Å². The van der Waals surface area contributed by atoms with Crippen molar-refractivity contribution < 1.29 is 4.79 Å². The van der Waals surface area contributed by atoms with Crippen LogP contribution in [0.25, 0.3) is 0 Å². The van der Waals surface area contributed by atoms with Gasteiger partial charge in [-0.2, -0.15) is 0 Å². The Hall–Kier alpha value is -1.15. The minimum atomic E-state index is -1.29. The Bertz CT molecular complexity index is 396. The van der Waals surface area contributed by atoms with Gasteiger partial charge in [0.15, 0.2) is 5.78 Å². The van der Waals surface area contributed by atoms with Gasteiger partial charge in [0.05, 0.1) is 8.07 Å². The zero-order valence-electron chi connectivity index (χ0n) is 12.5. The highest BCUT2D eigenvalue weighted by Crippen LogP contribution is 2.21. The summed E-state index contributed by atoms with van der Waals surface area (Å²) in [5.41, 5.74) is 3.52. The lowest BCUT2D eigenvalue weighted by Crippen LogP contribution is -2.28. The summed E-state index contributed by atoms with van der Waals surface area (Å²) in [7, 11) is -1.29. The standard InChI is InChI=1S/C17H26OSi/c1-4-19(5-2,6-3)15-14-17(18)13-12-16-10-8-7-9-11-16/h7-11,14-15H,4-6,12-13H2,1-3H3/b15-14+. The molecule has 19 heavy (non-hydrogen) atoms. The Morgan fingerprint density at radius 1 is 1.05 bits per heavy atom. The van der Waals surface area contributed by atoms with E-state index in [2.05, 4.69) is 38.6 Å². The second kappa shape index (κ2) is 8.11. The highest BCUT2D eigenvalue weighted by molar-refractivity contribution is 6.84. The third kappa shape index (κ3) is 5.15. The molecule has 0 aliphatic carbocycles. The molecule has 0 bridgehead atoms. The van der Waals surface area contributed by atoms with Crippen molar-refractivity contribution in [3.05, 3.63) is 47.7 Å².